The number of carbonyl (C=O) groups is 1. The van der Waals surface area contributed by atoms with Crippen LogP contribution in [0.5, 0.6) is 0 Å². The molecule has 0 spiro atoms. The predicted octanol–water partition coefficient (Wildman–Crippen LogP) is 1.76. The molecule has 0 saturated carbocycles. The van der Waals surface area contributed by atoms with Gasteiger partial charge in [-0.25, -0.2) is 4.79 Å². The third kappa shape index (κ3) is 2.95. The highest BCUT2D eigenvalue weighted by Crippen LogP contribution is 2.05. The number of carbonyl (C=O) groups excluding carboxylic acids is 1. The molecule has 1 atom stereocenters. The molecule has 0 aromatic carbocycles. The van der Waals surface area contributed by atoms with Crippen molar-refractivity contribution in [3.63, 3.8) is 0 Å². The Morgan fingerprint density at radius 2 is 2.33 bits per heavy atom. The van der Waals surface area contributed by atoms with Crippen molar-refractivity contribution in [3.05, 3.63) is 12.3 Å². The van der Waals surface area contributed by atoms with Gasteiger partial charge in [-0.1, -0.05) is 26.2 Å². The maximum atomic E-state index is 10.8. The van der Waals surface area contributed by atoms with Crippen LogP contribution in [-0.2, 0) is 0 Å². The zero-order valence-corrected chi connectivity index (χ0v) is 7.47. The van der Waals surface area contributed by atoms with E-state index < -0.39 is 0 Å². The molecule has 1 unspecified atom stereocenters. The summed E-state index contributed by atoms with van der Waals surface area (Å²) in [6.07, 6.45) is 8.42. The highest BCUT2D eigenvalue weighted by atomic mass is 16.2. The summed E-state index contributed by atoms with van der Waals surface area (Å²) in [6.45, 7) is 2.18. The van der Waals surface area contributed by atoms with Crippen molar-refractivity contribution in [1.82, 2.24) is 10.6 Å². The normalized spacial score (nSPS) is 21.8. The maximum absolute atomic E-state index is 10.8. The van der Waals surface area contributed by atoms with Gasteiger partial charge in [-0.05, 0) is 12.5 Å². The zero-order valence-electron chi connectivity index (χ0n) is 7.47. The quantitative estimate of drug-likeness (QED) is 0.617. The zero-order chi connectivity index (χ0) is 8.81. The molecular formula is C9H16N2O. The van der Waals surface area contributed by atoms with Gasteiger partial charge in [0.25, 0.3) is 0 Å². The highest BCUT2D eigenvalue weighted by molar-refractivity contribution is 5.76. The molecule has 1 aliphatic rings. The number of hydrogen-bond acceptors (Lipinski definition) is 1. The minimum absolute atomic E-state index is 0.0843. The van der Waals surface area contributed by atoms with E-state index >= 15 is 0 Å². The van der Waals surface area contributed by atoms with Crippen LogP contribution in [0.25, 0.3) is 0 Å². The van der Waals surface area contributed by atoms with Gasteiger partial charge in [0.2, 0.25) is 0 Å². The van der Waals surface area contributed by atoms with Crippen LogP contribution >= 0.6 is 0 Å². The van der Waals surface area contributed by atoms with Gasteiger partial charge in [-0.3, -0.25) is 0 Å². The average molecular weight is 168 g/mol. The van der Waals surface area contributed by atoms with Crippen LogP contribution in [0.2, 0.25) is 0 Å². The summed E-state index contributed by atoms with van der Waals surface area (Å²) in [5.41, 5.74) is 0. The predicted molar refractivity (Wildman–Crippen MR) is 48.7 cm³/mol. The van der Waals surface area contributed by atoms with E-state index in [9.17, 15) is 4.79 Å². The van der Waals surface area contributed by atoms with E-state index in [1.54, 1.807) is 6.20 Å². The van der Waals surface area contributed by atoms with Crippen molar-refractivity contribution in [2.75, 3.05) is 0 Å². The first-order valence-corrected chi connectivity index (χ1v) is 4.56. The average Bonchev–Trinajstić information content (AvgIpc) is 2.05. The van der Waals surface area contributed by atoms with Crippen LogP contribution in [0.3, 0.4) is 0 Å². The topological polar surface area (TPSA) is 41.1 Å². The molecule has 12 heavy (non-hydrogen) atoms. The molecule has 0 radical (unpaired) electrons. The Balaban J connectivity index is 2.19. The molecule has 2 amide bonds. The van der Waals surface area contributed by atoms with Crippen LogP contribution in [0.4, 0.5) is 4.79 Å². The van der Waals surface area contributed by atoms with Gasteiger partial charge in [0, 0.05) is 6.20 Å². The molecule has 1 heterocycles. The van der Waals surface area contributed by atoms with Gasteiger partial charge >= 0.3 is 6.03 Å². The Labute approximate surface area is 73.2 Å². The monoisotopic (exact) mass is 168 g/mol. The number of unbranched alkanes of at least 4 members (excludes halogenated alkanes) is 2. The fourth-order valence-electron chi connectivity index (χ4n) is 1.28. The largest absolute Gasteiger partial charge is 0.332 e. The smallest absolute Gasteiger partial charge is 0.319 e. The second-order valence-corrected chi connectivity index (χ2v) is 3.08. The number of nitrogens with one attached hydrogen (secondary N) is 2. The van der Waals surface area contributed by atoms with E-state index in [4.69, 9.17) is 0 Å². The summed E-state index contributed by atoms with van der Waals surface area (Å²) in [7, 11) is 0. The van der Waals surface area contributed by atoms with E-state index in [1.807, 2.05) is 6.08 Å². The molecule has 0 fully saturated rings. The minimum Gasteiger partial charge on any atom is -0.332 e. The lowest BCUT2D eigenvalue weighted by molar-refractivity contribution is 0.239. The first-order valence-electron chi connectivity index (χ1n) is 4.56. The summed E-state index contributed by atoms with van der Waals surface area (Å²) >= 11 is 0. The van der Waals surface area contributed by atoms with Gasteiger partial charge in [0.1, 0.15) is 0 Å². The Hall–Kier alpha value is -0.990. The fraction of sp³-hybridized carbons (Fsp3) is 0.667. The lowest BCUT2D eigenvalue weighted by atomic mass is 10.1. The molecule has 0 bridgehead atoms. The minimum atomic E-state index is -0.0843. The molecular weight excluding hydrogens is 152 g/mol. The first kappa shape index (κ1) is 9.10. The number of rotatable bonds is 4. The lowest BCUT2D eigenvalue weighted by Gasteiger charge is -2.18. The van der Waals surface area contributed by atoms with Gasteiger partial charge in [0.05, 0.1) is 6.04 Å². The molecule has 3 nitrogen and oxygen atoms in total. The van der Waals surface area contributed by atoms with Gasteiger partial charge in [0.15, 0.2) is 0 Å². The number of amides is 2. The van der Waals surface area contributed by atoms with Crippen LogP contribution in [0.1, 0.15) is 32.6 Å². The summed E-state index contributed by atoms with van der Waals surface area (Å²) in [6, 6.07) is 0.157. The Bertz CT molecular complexity index is 177. The third-order valence-electron chi connectivity index (χ3n) is 1.98. The van der Waals surface area contributed by atoms with Crippen molar-refractivity contribution in [1.29, 1.82) is 0 Å². The molecule has 3 heteroatoms. The van der Waals surface area contributed by atoms with E-state index in [2.05, 4.69) is 17.6 Å². The van der Waals surface area contributed by atoms with Gasteiger partial charge < -0.3 is 10.6 Å². The van der Waals surface area contributed by atoms with E-state index in [-0.39, 0.29) is 12.1 Å². The maximum Gasteiger partial charge on any atom is 0.319 e. The molecule has 0 saturated heterocycles. The fourth-order valence-corrected chi connectivity index (χ4v) is 1.28. The van der Waals surface area contributed by atoms with Crippen molar-refractivity contribution in [2.45, 2.75) is 38.6 Å². The Morgan fingerprint density at radius 1 is 1.50 bits per heavy atom. The second-order valence-electron chi connectivity index (χ2n) is 3.08. The van der Waals surface area contributed by atoms with Crippen LogP contribution in [-0.4, -0.2) is 12.1 Å². The molecule has 0 aliphatic carbocycles. The van der Waals surface area contributed by atoms with Crippen LogP contribution in [0.15, 0.2) is 12.3 Å². The first-order chi connectivity index (χ1) is 5.83. The van der Waals surface area contributed by atoms with Crippen molar-refractivity contribution in [3.8, 4) is 0 Å². The molecule has 0 aromatic heterocycles. The van der Waals surface area contributed by atoms with Gasteiger partial charge in [-0.2, -0.15) is 0 Å². The third-order valence-corrected chi connectivity index (χ3v) is 1.98. The van der Waals surface area contributed by atoms with Crippen LogP contribution < -0.4 is 10.6 Å². The summed E-state index contributed by atoms with van der Waals surface area (Å²) in [4.78, 5) is 10.8. The lowest BCUT2D eigenvalue weighted by Crippen LogP contribution is -2.42. The van der Waals surface area contributed by atoms with Crippen molar-refractivity contribution in [2.24, 2.45) is 0 Å². The highest BCUT2D eigenvalue weighted by Gasteiger charge is 2.10. The van der Waals surface area contributed by atoms with Gasteiger partial charge in [-0.15, -0.1) is 0 Å². The molecule has 2 N–H and O–H groups in total. The number of hydrogen-bond donors (Lipinski definition) is 2. The van der Waals surface area contributed by atoms with Crippen molar-refractivity contribution < 1.29 is 4.79 Å². The summed E-state index contributed by atoms with van der Waals surface area (Å²) < 4.78 is 0. The van der Waals surface area contributed by atoms with E-state index in [0.717, 1.165) is 6.42 Å². The number of urea groups is 1. The molecule has 1 aliphatic heterocycles. The molecule has 1 rings (SSSR count). The van der Waals surface area contributed by atoms with E-state index in [1.165, 1.54) is 19.3 Å². The Morgan fingerprint density at radius 3 is 3.00 bits per heavy atom. The Kier molecular flexibility index (Phi) is 3.64. The van der Waals surface area contributed by atoms with E-state index in [0.29, 0.717) is 0 Å². The summed E-state index contributed by atoms with van der Waals surface area (Å²) in [5.74, 6) is 0. The standard InChI is InChI=1S/C9H16N2O/c1-2-3-4-5-8-6-7-10-9(12)11-8/h6-8H,2-5H2,1H3,(H2,10,11,12). The van der Waals surface area contributed by atoms with Crippen LogP contribution in [0, 0.1) is 0 Å². The molecule has 68 valence electrons. The second kappa shape index (κ2) is 4.80. The molecule has 0 aromatic rings. The van der Waals surface area contributed by atoms with Crippen molar-refractivity contribution >= 4 is 6.03 Å². The summed E-state index contributed by atoms with van der Waals surface area (Å²) in [5, 5.41) is 5.41. The SMILES string of the molecule is CCCCCC1C=CNC(=O)N1.